The van der Waals surface area contributed by atoms with E-state index in [1.165, 1.54) is 24.4 Å². The third kappa shape index (κ3) is 4.27. The number of benzene rings is 2. The van der Waals surface area contributed by atoms with Gasteiger partial charge >= 0.3 is 0 Å². The number of hydrogen-bond acceptors (Lipinski definition) is 5. The van der Waals surface area contributed by atoms with Gasteiger partial charge in [0.25, 0.3) is 0 Å². The Morgan fingerprint density at radius 1 is 1.03 bits per heavy atom. The van der Waals surface area contributed by atoms with E-state index in [-0.39, 0.29) is 11.5 Å². The van der Waals surface area contributed by atoms with E-state index in [1.54, 1.807) is 21.3 Å². The summed E-state index contributed by atoms with van der Waals surface area (Å²) >= 11 is 0. The molecule has 1 atom stereocenters. The topological polar surface area (TPSA) is 59.6 Å². The standard InChI is InChI=1S/C24H27F2N3O3/c1-30-20-11-22(32-3)21(31-2)10-16(20)14-29-9-5-6-15(13-29)24-17(12-27-28-24)23-18(25)7-4-8-19(23)26/h4,7-8,10-12,15H,5-6,9,13-14H2,1-3H3,(H,27,28)/t15-/m0/s1. The Kier molecular flexibility index (Phi) is 6.60. The van der Waals surface area contributed by atoms with Crippen molar-refractivity contribution in [1.29, 1.82) is 0 Å². The first-order valence-electron chi connectivity index (χ1n) is 10.5. The molecule has 0 unspecified atom stereocenters. The molecule has 1 aliphatic heterocycles. The molecular weight excluding hydrogens is 416 g/mol. The minimum atomic E-state index is -0.588. The molecule has 2 aromatic carbocycles. The van der Waals surface area contributed by atoms with Crippen LogP contribution in [0.2, 0.25) is 0 Å². The van der Waals surface area contributed by atoms with Gasteiger partial charge in [-0.3, -0.25) is 10.00 Å². The number of aromatic amines is 1. The summed E-state index contributed by atoms with van der Waals surface area (Å²) in [6.07, 6.45) is 3.37. The first kappa shape index (κ1) is 22.1. The first-order chi connectivity index (χ1) is 15.5. The van der Waals surface area contributed by atoms with Gasteiger partial charge in [0, 0.05) is 41.9 Å². The average molecular weight is 443 g/mol. The highest BCUT2D eigenvalue weighted by Crippen LogP contribution is 2.38. The molecule has 6 nitrogen and oxygen atoms in total. The molecular formula is C24H27F2N3O3. The van der Waals surface area contributed by atoms with Crippen molar-refractivity contribution >= 4 is 0 Å². The highest BCUT2D eigenvalue weighted by Gasteiger charge is 2.28. The largest absolute Gasteiger partial charge is 0.496 e. The van der Waals surface area contributed by atoms with Crippen LogP contribution in [0.1, 0.15) is 30.0 Å². The average Bonchev–Trinajstić information content (AvgIpc) is 3.28. The fourth-order valence-corrected chi connectivity index (χ4v) is 4.45. The van der Waals surface area contributed by atoms with Gasteiger partial charge in [0.2, 0.25) is 0 Å². The Labute approximate surface area is 186 Å². The second-order valence-corrected chi connectivity index (χ2v) is 7.89. The van der Waals surface area contributed by atoms with Gasteiger partial charge in [0.15, 0.2) is 11.5 Å². The lowest BCUT2D eigenvalue weighted by molar-refractivity contribution is 0.196. The molecule has 1 saturated heterocycles. The summed E-state index contributed by atoms with van der Waals surface area (Å²) in [7, 11) is 4.82. The van der Waals surface area contributed by atoms with Crippen LogP contribution in [0.3, 0.4) is 0 Å². The SMILES string of the molecule is COc1cc(OC)c(OC)cc1CN1CCC[C@H](c2[nH]ncc2-c2c(F)cccc2F)C1. The minimum Gasteiger partial charge on any atom is -0.496 e. The Hall–Kier alpha value is -3.13. The molecule has 1 aliphatic rings. The van der Waals surface area contributed by atoms with Gasteiger partial charge in [-0.25, -0.2) is 8.78 Å². The van der Waals surface area contributed by atoms with E-state index >= 15 is 0 Å². The van der Waals surface area contributed by atoms with Crippen molar-refractivity contribution in [2.24, 2.45) is 0 Å². The van der Waals surface area contributed by atoms with E-state index in [4.69, 9.17) is 14.2 Å². The molecule has 4 rings (SSSR count). The maximum Gasteiger partial charge on any atom is 0.164 e. The molecule has 3 aromatic rings. The lowest BCUT2D eigenvalue weighted by Crippen LogP contribution is -2.34. The number of likely N-dealkylation sites (tertiary alicyclic amines) is 1. The summed E-state index contributed by atoms with van der Waals surface area (Å²) in [4.78, 5) is 2.31. The van der Waals surface area contributed by atoms with Gasteiger partial charge in [-0.05, 0) is 37.6 Å². The molecule has 170 valence electrons. The van der Waals surface area contributed by atoms with Crippen molar-refractivity contribution in [3.63, 3.8) is 0 Å². The van der Waals surface area contributed by atoms with Crippen molar-refractivity contribution in [1.82, 2.24) is 15.1 Å². The molecule has 2 heterocycles. The van der Waals surface area contributed by atoms with Crippen LogP contribution in [0, 0.1) is 11.6 Å². The molecule has 0 spiro atoms. The molecule has 32 heavy (non-hydrogen) atoms. The molecule has 8 heteroatoms. The van der Waals surface area contributed by atoms with E-state index < -0.39 is 11.6 Å². The van der Waals surface area contributed by atoms with Crippen molar-refractivity contribution in [2.45, 2.75) is 25.3 Å². The van der Waals surface area contributed by atoms with E-state index in [2.05, 4.69) is 15.1 Å². The van der Waals surface area contributed by atoms with Crippen LogP contribution in [0.5, 0.6) is 17.2 Å². The Bertz CT molecular complexity index is 1070. The zero-order valence-corrected chi connectivity index (χ0v) is 18.5. The lowest BCUT2D eigenvalue weighted by atomic mass is 9.90. The number of nitrogens with one attached hydrogen (secondary N) is 1. The molecule has 0 aliphatic carbocycles. The summed E-state index contributed by atoms with van der Waals surface area (Å²) in [5.41, 5.74) is 2.19. The van der Waals surface area contributed by atoms with E-state index in [9.17, 15) is 8.78 Å². The number of hydrogen-bond donors (Lipinski definition) is 1. The minimum absolute atomic E-state index is 0.0325. The van der Waals surface area contributed by atoms with Crippen LogP contribution >= 0.6 is 0 Å². The number of piperidine rings is 1. The second kappa shape index (κ2) is 9.56. The highest BCUT2D eigenvalue weighted by molar-refractivity contribution is 5.67. The van der Waals surface area contributed by atoms with Gasteiger partial charge < -0.3 is 14.2 Å². The summed E-state index contributed by atoms with van der Waals surface area (Å²) in [6.45, 7) is 2.28. The number of rotatable bonds is 7. The van der Waals surface area contributed by atoms with Gasteiger partial charge in [-0.15, -0.1) is 0 Å². The third-order valence-corrected chi connectivity index (χ3v) is 6.00. The molecule has 0 bridgehead atoms. The monoisotopic (exact) mass is 443 g/mol. The van der Waals surface area contributed by atoms with Crippen LogP contribution < -0.4 is 14.2 Å². The van der Waals surface area contributed by atoms with Crippen molar-refractivity contribution < 1.29 is 23.0 Å². The quantitative estimate of drug-likeness (QED) is 0.571. The summed E-state index contributed by atoms with van der Waals surface area (Å²) < 4.78 is 45.2. The van der Waals surface area contributed by atoms with Crippen molar-refractivity contribution in [3.8, 4) is 28.4 Å². The van der Waals surface area contributed by atoms with Crippen LogP contribution in [0.25, 0.3) is 11.1 Å². The number of methoxy groups -OCH3 is 3. The van der Waals surface area contributed by atoms with Crippen LogP contribution in [-0.2, 0) is 6.54 Å². The number of ether oxygens (including phenoxy) is 3. The van der Waals surface area contributed by atoms with Crippen molar-refractivity contribution in [3.05, 3.63) is 59.4 Å². The second-order valence-electron chi connectivity index (χ2n) is 7.89. The van der Waals surface area contributed by atoms with Gasteiger partial charge in [0.1, 0.15) is 17.4 Å². The Balaban J connectivity index is 1.58. The van der Waals surface area contributed by atoms with Gasteiger partial charge in [0.05, 0.1) is 33.1 Å². The fourth-order valence-electron chi connectivity index (χ4n) is 4.45. The van der Waals surface area contributed by atoms with E-state index in [0.29, 0.717) is 23.6 Å². The van der Waals surface area contributed by atoms with Gasteiger partial charge in [-0.2, -0.15) is 5.10 Å². The number of aromatic nitrogens is 2. The normalized spacial score (nSPS) is 16.7. The zero-order chi connectivity index (χ0) is 22.7. The Morgan fingerprint density at radius 2 is 1.72 bits per heavy atom. The molecule has 0 amide bonds. The summed E-state index contributed by atoms with van der Waals surface area (Å²) in [5.74, 6) is 0.874. The molecule has 1 N–H and O–H groups in total. The third-order valence-electron chi connectivity index (χ3n) is 6.00. The lowest BCUT2D eigenvalue weighted by Gasteiger charge is -2.33. The smallest absolute Gasteiger partial charge is 0.164 e. The zero-order valence-electron chi connectivity index (χ0n) is 18.5. The molecule has 1 aromatic heterocycles. The molecule has 0 saturated carbocycles. The fraction of sp³-hybridized carbons (Fsp3) is 0.375. The maximum atomic E-state index is 14.4. The summed E-state index contributed by atoms with van der Waals surface area (Å²) in [6, 6.07) is 7.66. The van der Waals surface area contributed by atoms with E-state index in [1.807, 2.05) is 12.1 Å². The van der Waals surface area contributed by atoms with Crippen LogP contribution in [0.15, 0.2) is 36.5 Å². The number of nitrogens with zero attached hydrogens (tertiary/aromatic N) is 2. The highest BCUT2D eigenvalue weighted by atomic mass is 19.1. The van der Waals surface area contributed by atoms with Crippen LogP contribution in [0.4, 0.5) is 8.78 Å². The van der Waals surface area contributed by atoms with E-state index in [0.717, 1.165) is 42.9 Å². The van der Waals surface area contributed by atoms with Crippen LogP contribution in [-0.4, -0.2) is 49.5 Å². The Morgan fingerprint density at radius 3 is 2.41 bits per heavy atom. The predicted octanol–water partition coefficient (Wildman–Crippen LogP) is 4.76. The molecule has 1 fully saturated rings. The summed E-state index contributed by atoms with van der Waals surface area (Å²) in [5, 5.41) is 7.10. The number of H-pyrrole nitrogens is 1. The predicted molar refractivity (Wildman–Crippen MR) is 117 cm³/mol. The van der Waals surface area contributed by atoms with Gasteiger partial charge in [-0.1, -0.05) is 6.07 Å². The molecule has 0 radical (unpaired) electrons. The maximum absolute atomic E-state index is 14.4. The number of halogens is 2. The van der Waals surface area contributed by atoms with Crippen molar-refractivity contribution in [2.75, 3.05) is 34.4 Å². The first-order valence-corrected chi connectivity index (χ1v) is 10.5.